The first-order valence-electron chi connectivity index (χ1n) is 8.46. The number of pyridine rings is 2. The van der Waals surface area contributed by atoms with Crippen molar-refractivity contribution in [3.63, 3.8) is 0 Å². The minimum atomic E-state index is -0.0366. The maximum absolute atomic E-state index is 13.0. The van der Waals surface area contributed by atoms with Gasteiger partial charge in [-0.05, 0) is 31.9 Å². The van der Waals surface area contributed by atoms with Gasteiger partial charge in [-0.3, -0.25) is 9.59 Å². The van der Waals surface area contributed by atoms with Gasteiger partial charge < -0.3 is 19.1 Å². The fourth-order valence-electron chi connectivity index (χ4n) is 3.68. The minimum absolute atomic E-state index is 0.0109. The summed E-state index contributed by atoms with van der Waals surface area (Å²) in [6.07, 6.45) is 6.07. The van der Waals surface area contributed by atoms with Crippen molar-refractivity contribution in [2.75, 3.05) is 0 Å². The predicted octanol–water partition coefficient (Wildman–Crippen LogP) is 2.82. The van der Waals surface area contributed by atoms with E-state index in [0.717, 1.165) is 35.5 Å². The van der Waals surface area contributed by atoms with Gasteiger partial charge in [-0.1, -0.05) is 0 Å². The fraction of sp³-hybridized carbons (Fsp3) is 0.263. The lowest BCUT2D eigenvalue weighted by molar-refractivity contribution is 0.766. The molecule has 25 heavy (non-hydrogen) atoms. The van der Waals surface area contributed by atoms with Gasteiger partial charge in [0.2, 0.25) is 0 Å². The highest BCUT2D eigenvalue weighted by molar-refractivity contribution is 5.87. The minimum Gasteiger partial charge on any atom is -0.347 e. The summed E-state index contributed by atoms with van der Waals surface area (Å²) in [5.74, 6) is 0. The number of nitrogens with one attached hydrogen (secondary N) is 2. The number of nitrogens with zero attached hydrogens (tertiary/aromatic N) is 2. The zero-order valence-corrected chi connectivity index (χ0v) is 14.1. The molecule has 1 aliphatic carbocycles. The molecule has 5 rings (SSSR count). The molecule has 0 aliphatic heterocycles. The molecular weight excluding hydrogens is 316 g/mol. The SMILES string of the molecule is Cc1cc(=O)c2cc(-c3c[nH]c4c(ccn4C4CC4)c3=O)n(C)c2[nH]1. The van der Waals surface area contributed by atoms with Gasteiger partial charge in [0.25, 0.3) is 0 Å². The highest BCUT2D eigenvalue weighted by Crippen LogP contribution is 2.37. The molecule has 0 unspecified atom stereocenters. The Kier molecular flexibility index (Phi) is 2.72. The van der Waals surface area contributed by atoms with E-state index in [0.29, 0.717) is 22.4 Å². The van der Waals surface area contributed by atoms with Crippen LogP contribution < -0.4 is 10.9 Å². The van der Waals surface area contributed by atoms with Crippen molar-refractivity contribution in [1.29, 1.82) is 0 Å². The number of rotatable bonds is 2. The molecule has 0 amide bonds. The van der Waals surface area contributed by atoms with Crippen LogP contribution in [0.3, 0.4) is 0 Å². The summed E-state index contributed by atoms with van der Waals surface area (Å²) >= 11 is 0. The van der Waals surface area contributed by atoms with Crippen LogP contribution in [0.1, 0.15) is 24.6 Å². The maximum Gasteiger partial charge on any atom is 0.200 e. The second-order valence-electron chi connectivity index (χ2n) is 6.92. The van der Waals surface area contributed by atoms with Gasteiger partial charge in [0.15, 0.2) is 10.9 Å². The van der Waals surface area contributed by atoms with E-state index in [-0.39, 0.29) is 10.9 Å². The zero-order valence-electron chi connectivity index (χ0n) is 14.1. The summed E-state index contributed by atoms with van der Waals surface area (Å²) in [5, 5.41) is 1.29. The zero-order chi connectivity index (χ0) is 17.3. The number of aromatic amines is 2. The number of H-pyrrole nitrogens is 2. The number of fused-ring (bicyclic) bond motifs is 2. The summed E-state index contributed by atoms with van der Waals surface area (Å²) in [5.41, 5.74) is 3.67. The van der Waals surface area contributed by atoms with Gasteiger partial charge in [-0.15, -0.1) is 0 Å². The summed E-state index contributed by atoms with van der Waals surface area (Å²) < 4.78 is 4.02. The Hall–Kier alpha value is -3.02. The highest BCUT2D eigenvalue weighted by atomic mass is 16.1. The Morgan fingerprint density at radius 1 is 1.12 bits per heavy atom. The highest BCUT2D eigenvalue weighted by Gasteiger charge is 2.25. The second-order valence-corrected chi connectivity index (χ2v) is 6.92. The predicted molar refractivity (Wildman–Crippen MR) is 98.1 cm³/mol. The quantitative estimate of drug-likeness (QED) is 0.591. The van der Waals surface area contributed by atoms with Crippen LogP contribution in [0.15, 0.2) is 40.2 Å². The summed E-state index contributed by atoms with van der Waals surface area (Å²) in [6, 6.07) is 5.77. The van der Waals surface area contributed by atoms with Crippen molar-refractivity contribution in [3.05, 3.63) is 56.7 Å². The Morgan fingerprint density at radius 3 is 2.68 bits per heavy atom. The Bertz CT molecular complexity index is 1260. The second kappa shape index (κ2) is 4.75. The molecule has 0 aromatic carbocycles. The van der Waals surface area contributed by atoms with E-state index in [2.05, 4.69) is 14.5 Å². The smallest absolute Gasteiger partial charge is 0.200 e. The molecule has 4 aromatic rings. The lowest BCUT2D eigenvalue weighted by Gasteiger charge is -2.06. The molecule has 0 spiro atoms. The molecule has 4 heterocycles. The normalized spacial score (nSPS) is 14.6. The average molecular weight is 334 g/mol. The molecule has 0 saturated heterocycles. The summed E-state index contributed by atoms with van der Waals surface area (Å²) in [4.78, 5) is 31.8. The standard InChI is InChI=1S/C19H18N4O2/c1-10-7-16(24)13-8-15(22(2)19(13)21-10)14-9-20-18-12(17(14)25)5-6-23(18)11-3-4-11/h5-9,11H,3-4H2,1-2H3,(H,20,25)(H,21,24). The van der Waals surface area contributed by atoms with Crippen LogP contribution in [0.4, 0.5) is 0 Å². The molecule has 1 fully saturated rings. The van der Waals surface area contributed by atoms with Gasteiger partial charge in [-0.2, -0.15) is 0 Å². The first-order chi connectivity index (χ1) is 12.0. The molecule has 0 radical (unpaired) electrons. The van der Waals surface area contributed by atoms with Crippen LogP contribution in [-0.4, -0.2) is 19.1 Å². The van der Waals surface area contributed by atoms with E-state index in [1.807, 2.05) is 30.8 Å². The molecule has 1 aliphatic rings. The van der Waals surface area contributed by atoms with E-state index in [9.17, 15) is 9.59 Å². The van der Waals surface area contributed by atoms with Crippen LogP contribution in [-0.2, 0) is 7.05 Å². The molecule has 6 heteroatoms. The first kappa shape index (κ1) is 14.3. The van der Waals surface area contributed by atoms with Crippen LogP contribution in [0.5, 0.6) is 0 Å². The molecule has 2 N–H and O–H groups in total. The van der Waals surface area contributed by atoms with E-state index in [4.69, 9.17) is 0 Å². The third kappa shape index (κ3) is 1.97. The monoisotopic (exact) mass is 334 g/mol. The fourth-order valence-corrected chi connectivity index (χ4v) is 3.68. The van der Waals surface area contributed by atoms with Crippen LogP contribution in [0, 0.1) is 6.92 Å². The van der Waals surface area contributed by atoms with Gasteiger partial charge in [0, 0.05) is 37.2 Å². The van der Waals surface area contributed by atoms with Crippen LogP contribution >= 0.6 is 0 Å². The molecule has 4 aromatic heterocycles. The summed E-state index contributed by atoms with van der Waals surface area (Å²) in [7, 11) is 1.87. The Morgan fingerprint density at radius 2 is 1.92 bits per heavy atom. The third-order valence-electron chi connectivity index (χ3n) is 5.14. The van der Waals surface area contributed by atoms with Crippen LogP contribution in [0.25, 0.3) is 33.3 Å². The molecular formula is C19H18N4O2. The number of hydrogen-bond acceptors (Lipinski definition) is 2. The third-order valence-corrected chi connectivity index (χ3v) is 5.14. The lowest BCUT2D eigenvalue weighted by atomic mass is 10.1. The van der Waals surface area contributed by atoms with Gasteiger partial charge in [0.05, 0.1) is 22.0 Å². The van der Waals surface area contributed by atoms with E-state index in [1.54, 1.807) is 18.3 Å². The summed E-state index contributed by atoms with van der Waals surface area (Å²) in [6.45, 7) is 1.85. The first-order valence-corrected chi connectivity index (χ1v) is 8.46. The van der Waals surface area contributed by atoms with Crippen molar-refractivity contribution in [3.8, 4) is 11.3 Å². The maximum atomic E-state index is 13.0. The molecule has 1 saturated carbocycles. The topological polar surface area (TPSA) is 75.6 Å². The van der Waals surface area contributed by atoms with E-state index in [1.165, 1.54) is 0 Å². The number of aromatic nitrogens is 4. The van der Waals surface area contributed by atoms with Crippen LogP contribution in [0.2, 0.25) is 0 Å². The largest absolute Gasteiger partial charge is 0.347 e. The van der Waals surface area contributed by atoms with Crippen molar-refractivity contribution in [2.24, 2.45) is 7.05 Å². The van der Waals surface area contributed by atoms with E-state index < -0.39 is 0 Å². The molecule has 6 nitrogen and oxygen atoms in total. The molecule has 126 valence electrons. The van der Waals surface area contributed by atoms with Crippen molar-refractivity contribution >= 4 is 22.1 Å². The molecule has 0 atom stereocenters. The van der Waals surface area contributed by atoms with Crippen molar-refractivity contribution in [2.45, 2.75) is 25.8 Å². The van der Waals surface area contributed by atoms with E-state index >= 15 is 0 Å². The van der Waals surface area contributed by atoms with Gasteiger partial charge >= 0.3 is 0 Å². The number of hydrogen-bond donors (Lipinski definition) is 2. The Balaban J connectivity index is 1.79. The van der Waals surface area contributed by atoms with Crippen molar-refractivity contribution in [1.82, 2.24) is 19.1 Å². The lowest BCUT2D eigenvalue weighted by Crippen LogP contribution is -2.09. The Labute approximate surface area is 142 Å². The van der Waals surface area contributed by atoms with Crippen molar-refractivity contribution < 1.29 is 0 Å². The van der Waals surface area contributed by atoms with Gasteiger partial charge in [-0.25, -0.2) is 0 Å². The number of aryl methyl sites for hydroxylation is 2. The average Bonchev–Trinajstić information content (AvgIpc) is 3.24. The molecule has 0 bridgehead atoms. The van der Waals surface area contributed by atoms with Gasteiger partial charge in [0.1, 0.15) is 11.3 Å².